The van der Waals surface area contributed by atoms with E-state index in [1.807, 2.05) is 12.1 Å². The Balaban J connectivity index is 1.79. The number of benzene rings is 2. The SMILES string of the molecule is COc1ccc(COC(=O)NNC(=O)c2ccc(C(C)(C)C)cc2)cc1. The van der Waals surface area contributed by atoms with E-state index in [1.165, 1.54) is 0 Å². The van der Waals surface area contributed by atoms with Crippen molar-refractivity contribution >= 4 is 12.0 Å². The molecule has 2 rings (SSSR count). The van der Waals surface area contributed by atoms with Crippen LogP contribution in [0.25, 0.3) is 0 Å². The first kappa shape index (κ1) is 19.3. The molecule has 2 aromatic carbocycles. The number of ether oxygens (including phenoxy) is 2. The minimum Gasteiger partial charge on any atom is -0.497 e. The van der Waals surface area contributed by atoms with Crippen LogP contribution in [0.15, 0.2) is 48.5 Å². The lowest BCUT2D eigenvalue weighted by atomic mass is 9.87. The molecule has 0 atom stereocenters. The van der Waals surface area contributed by atoms with E-state index in [0.29, 0.717) is 5.56 Å². The number of nitrogens with one attached hydrogen (secondary N) is 2. The number of carbonyl (C=O) groups is 2. The normalized spacial score (nSPS) is 10.8. The maximum atomic E-state index is 12.1. The van der Waals surface area contributed by atoms with Gasteiger partial charge < -0.3 is 9.47 Å². The van der Waals surface area contributed by atoms with Crippen LogP contribution in [0.5, 0.6) is 5.75 Å². The van der Waals surface area contributed by atoms with Crippen molar-refractivity contribution in [1.29, 1.82) is 0 Å². The second-order valence-electron chi connectivity index (χ2n) is 6.83. The van der Waals surface area contributed by atoms with E-state index in [4.69, 9.17) is 9.47 Å². The van der Waals surface area contributed by atoms with E-state index in [9.17, 15) is 9.59 Å². The second kappa shape index (κ2) is 8.38. The molecule has 6 heteroatoms. The molecule has 0 radical (unpaired) electrons. The summed E-state index contributed by atoms with van der Waals surface area (Å²) in [4.78, 5) is 23.7. The Morgan fingerprint density at radius 1 is 0.923 bits per heavy atom. The van der Waals surface area contributed by atoms with Gasteiger partial charge in [0.05, 0.1) is 7.11 Å². The fourth-order valence-corrected chi connectivity index (χ4v) is 2.21. The van der Waals surface area contributed by atoms with Crippen molar-refractivity contribution in [3.05, 3.63) is 65.2 Å². The number of carbonyl (C=O) groups excluding carboxylic acids is 2. The zero-order valence-electron chi connectivity index (χ0n) is 15.5. The number of hydrazine groups is 1. The molecule has 0 unspecified atom stereocenters. The van der Waals surface area contributed by atoms with Gasteiger partial charge in [-0.25, -0.2) is 10.2 Å². The first-order valence-electron chi connectivity index (χ1n) is 8.26. The fourth-order valence-electron chi connectivity index (χ4n) is 2.21. The molecular formula is C20H24N2O4. The molecule has 2 N–H and O–H groups in total. The Bertz CT molecular complexity index is 747. The highest BCUT2D eigenvalue weighted by Crippen LogP contribution is 2.22. The van der Waals surface area contributed by atoms with Crippen LogP contribution in [0.2, 0.25) is 0 Å². The van der Waals surface area contributed by atoms with Crippen LogP contribution in [-0.2, 0) is 16.8 Å². The third-order valence-electron chi connectivity index (χ3n) is 3.82. The van der Waals surface area contributed by atoms with Crippen LogP contribution in [0.1, 0.15) is 42.3 Å². The third-order valence-corrected chi connectivity index (χ3v) is 3.82. The summed E-state index contributed by atoms with van der Waals surface area (Å²) in [6.45, 7) is 6.39. The predicted molar refractivity (Wildman–Crippen MR) is 98.9 cm³/mol. The van der Waals surface area contributed by atoms with Gasteiger partial charge in [0.25, 0.3) is 5.91 Å². The van der Waals surface area contributed by atoms with Crippen molar-refractivity contribution in [2.24, 2.45) is 0 Å². The lowest BCUT2D eigenvalue weighted by molar-refractivity contribution is 0.0905. The third kappa shape index (κ3) is 5.51. The first-order chi connectivity index (χ1) is 12.3. The quantitative estimate of drug-likeness (QED) is 0.821. The number of hydrogen-bond acceptors (Lipinski definition) is 4. The molecular weight excluding hydrogens is 332 g/mol. The van der Waals surface area contributed by atoms with Crippen LogP contribution < -0.4 is 15.6 Å². The number of amides is 2. The molecule has 0 bridgehead atoms. The van der Waals surface area contributed by atoms with Crippen LogP contribution in [0.3, 0.4) is 0 Å². The lowest BCUT2D eigenvalue weighted by Gasteiger charge is -2.19. The predicted octanol–water partition coefficient (Wildman–Crippen LogP) is 3.56. The van der Waals surface area contributed by atoms with Gasteiger partial charge in [-0.3, -0.25) is 10.2 Å². The van der Waals surface area contributed by atoms with Gasteiger partial charge in [-0.15, -0.1) is 0 Å². The van der Waals surface area contributed by atoms with Crippen LogP contribution in [0, 0.1) is 0 Å². The highest BCUT2D eigenvalue weighted by molar-refractivity contribution is 5.94. The van der Waals surface area contributed by atoms with E-state index in [-0.39, 0.29) is 12.0 Å². The summed E-state index contributed by atoms with van der Waals surface area (Å²) < 4.78 is 10.1. The number of methoxy groups -OCH3 is 1. The fraction of sp³-hybridized carbons (Fsp3) is 0.300. The lowest BCUT2D eigenvalue weighted by Crippen LogP contribution is -2.41. The molecule has 0 aliphatic heterocycles. The van der Waals surface area contributed by atoms with Crippen molar-refractivity contribution in [2.75, 3.05) is 7.11 Å². The summed E-state index contributed by atoms with van der Waals surface area (Å²) in [7, 11) is 1.58. The van der Waals surface area contributed by atoms with Gasteiger partial charge in [-0.05, 0) is 40.8 Å². The van der Waals surface area contributed by atoms with E-state index in [0.717, 1.165) is 16.9 Å². The topological polar surface area (TPSA) is 76.7 Å². The zero-order chi connectivity index (χ0) is 19.2. The second-order valence-corrected chi connectivity index (χ2v) is 6.83. The van der Waals surface area contributed by atoms with Crippen molar-refractivity contribution in [3.8, 4) is 5.75 Å². The van der Waals surface area contributed by atoms with Gasteiger partial charge in [0.15, 0.2) is 0 Å². The van der Waals surface area contributed by atoms with Crippen molar-refractivity contribution in [2.45, 2.75) is 32.8 Å². The molecule has 138 valence electrons. The van der Waals surface area contributed by atoms with Gasteiger partial charge in [0.1, 0.15) is 12.4 Å². The summed E-state index contributed by atoms with van der Waals surface area (Å²) in [6.07, 6.45) is -0.736. The largest absolute Gasteiger partial charge is 0.497 e. The molecule has 0 heterocycles. The molecule has 2 aromatic rings. The average Bonchev–Trinajstić information content (AvgIpc) is 2.64. The summed E-state index contributed by atoms with van der Waals surface area (Å²) in [5.74, 6) is 0.315. The maximum Gasteiger partial charge on any atom is 0.426 e. The van der Waals surface area contributed by atoms with Gasteiger partial charge in [-0.1, -0.05) is 45.0 Å². The smallest absolute Gasteiger partial charge is 0.426 e. The molecule has 0 aromatic heterocycles. The monoisotopic (exact) mass is 356 g/mol. The van der Waals surface area contributed by atoms with Crippen molar-refractivity contribution < 1.29 is 19.1 Å². The Labute approximate surface area is 153 Å². The van der Waals surface area contributed by atoms with Crippen LogP contribution >= 0.6 is 0 Å². The summed E-state index contributed by atoms with van der Waals surface area (Å²) >= 11 is 0. The molecule has 0 aliphatic rings. The summed E-state index contributed by atoms with van der Waals surface area (Å²) in [5, 5.41) is 0. The van der Waals surface area contributed by atoms with E-state index >= 15 is 0 Å². The highest BCUT2D eigenvalue weighted by Gasteiger charge is 2.14. The first-order valence-corrected chi connectivity index (χ1v) is 8.26. The zero-order valence-corrected chi connectivity index (χ0v) is 15.5. The average molecular weight is 356 g/mol. The summed E-state index contributed by atoms with van der Waals surface area (Å²) in [6, 6.07) is 14.4. The van der Waals surface area contributed by atoms with Gasteiger partial charge in [0.2, 0.25) is 0 Å². The number of rotatable bonds is 4. The Morgan fingerprint density at radius 2 is 1.54 bits per heavy atom. The van der Waals surface area contributed by atoms with Gasteiger partial charge in [0, 0.05) is 5.56 Å². The Morgan fingerprint density at radius 3 is 2.08 bits per heavy atom. The molecule has 0 aliphatic carbocycles. The Kier molecular flexibility index (Phi) is 6.22. The molecule has 26 heavy (non-hydrogen) atoms. The van der Waals surface area contributed by atoms with Crippen LogP contribution in [0.4, 0.5) is 4.79 Å². The minimum atomic E-state index is -0.736. The molecule has 0 saturated heterocycles. The standard InChI is InChI=1S/C20H24N2O4/c1-20(2,3)16-9-7-15(8-10-16)18(23)21-22-19(24)26-13-14-5-11-17(25-4)12-6-14/h5-12H,13H2,1-4H3,(H,21,23)(H,22,24). The van der Waals surface area contributed by atoms with E-state index in [2.05, 4.69) is 31.6 Å². The van der Waals surface area contributed by atoms with Crippen molar-refractivity contribution in [1.82, 2.24) is 10.9 Å². The van der Waals surface area contributed by atoms with Crippen molar-refractivity contribution in [3.63, 3.8) is 0 Å². The summed E-state index contributed by atoms with van der Waals surface area (Å²) in [5.41, 5.74) is 6.96. The highest BCUT2D eigenvalue weighted by atomic mass is 16.6. The van der Waals surface area contributed by atoms with E-state index < -0.39 is 12.0 Å². The number of hydrogen-bond donors (Lipinski definition) is 2. The molecule has 6 nitrogen and oxygen atoms in total. The molecule has 0 saturated carbocycles. The van der Waals surface area contributed by atoms with Gasteiger partial charge >= 0.3 is 6.09 Å². The Hall–Kier alpha value is -3.02. The van der Waals surface area contributed by atoms with Gasteiger partial charge in [-0.2, -0.15) is 0 Å². The molecule has 0 spiro atoms. The van der Waals surface area contributed by atoms with Crippen LogP contribution in [-0.4, -0.2) is 19.1 Å². The molecule has 2 amide bonds. The van der Waals surface area contributed by atoms with E-state index in [1.54, 1.807) is 43.5 Å². The minimum absolute atomic E-state index is 0.0124. The molecule has 0 fully saturated rings. The maximum absolute atomic E-state index is 12.1.